The van der Waals surface area contributed by atoms with Crippen LogP contribution in [0.3, 0.4) is 0 Å². The number of hydrogen-bond donors (Lipinski definition) is 0. The zero-order chi connectivity index (χ0) is 15.4. The number of hydrogen-bond acceptors (Lipinski definition) is 5. The predicted octanol–water partition coefficient (Wildman–Crippen LogP) is 2.80. The van der Waals surface area contributed by atoms with Crippen molar-refractivity contribution >= 4 is 11.7 Å². The van der Waals surface area contributed by atoms with Crippen molar-refractivity contribution in [1.29, 1.82) is 0 Å². The van der Waals surface area contributed by atoms with Crippen LogP contribution in [0.4, 0.5) is 5.69 Å². The Kier molecular flexibility index (Phi) is 4.77. The first-order valence-corrected chi connectivity index (χ1v) is 7.20. The Labute approximate surface area is 123 Å². The lowest BCUT2D eigenvalue weighted by atomic mass is 10.1. The highest BCUT2D eigenvalue weighted by molar-refractivity contribution is 5.75. The number of nitro groups is 1. The molecule has 0 heterocycles. The predicted molar refractivity (Wildman–Crippen MR) is 76.5 cm³/mol. The molecule has 0 saturated carbocycles. The monoisotopic (exact) mass is 293 g/mol. The van der Waals surface area contributed by atoms with E-state index in [-0.39, 0.29) is 18.0 Å². The Morgan fingerprint density at radius 1 is 1.38 bits per heavy atom. The molecule has 21 heavy (non-hydrogen) atoms. The fraction of sp³-hybridized carbons (Fsp3) is 0.533. The smallest absolute Gasteiger partial charge is 0.347 e. The van der Waals surface area contributed by atoms with Crippen LogP contribution < -0.4 is 4.74 Å². The summed E-state index contributed by atoms with van der Waals surface area (Å²) in [5.74, 6) is -0.338. The van der Waals surface area contributed by atoms with Crippen LogP contribution in [-0.4, -0.2) is 23.6 Å². The second kappa shape index (κ2) is 6.56. The van der Waals surface area contributed by atoms with Crippen molar-refractivity contribution in [3.63, 3.8) is 0 Å². The van der Waals surface area contributed by atoms with Crippen molar-refractivity contribution in [2.75, 3.05) is 6.61 Å². The van der Waals surface area contributed by atoms with Gasteiger partial charge in [-0.1, -0.05) is 13.0 Å². The van der Waals surface area contributed by atoms with Crippen LogP contribution >= 0.6 is 0 Å². The first-order valence-electron chi connectivity index (χ1n) is 7.20. The number of carbonyl (C=O) groups is 1. The summed E-state index contributed by atoms with van der Waals surface area (Å²) in [5, 5.41) is 11.4. The first-order chi connectivity index (χ1) is 10.1. The van der Waals surface area contributed by atoms with Crippen LogP contribution in [0.15, 0.2) is 12.1 Å². The highest BCUT2D eigenvalue weighted by Gasteiger charge is 2.30. The lowest BCUT2D eigenvalue weighted by Crippen LogP contribution is -2.29. The third-order valence-electron chi connectivity index (χ3n) is 3.59. The van der Waals surface area contributed by atoms with E-state index in [1.54, 1.807) is 19.9 Å². The van der Waals surface area contributed by atoms with Crippen LogP contribution in [0.1, 0.15) is 37.8 Å². The number of carbonyl (C=O) groups excluding carboxylic acids is 1. The number of rotatable bonds is 6. The summed E-state index contributed by atoms with van der Waals surface area (Å²) in [6, 6.07) is 3.44. The van der Waals surface area contributed by atoms with Gasteiger partial charge in [0.25, 0.3) is 0 Å². The van der Waals surface area contributed by atoms with E-state index in [0.717, 1.165) is 24.0 Å². The van der Waals surface area contributed by atoms with Gasteiger partial charge in [-0.3, -0.25) is 10.1 Å². The Morgan fingerprint density at radius 2 is 2.14 bits per heavy atom. The second-order valence-corrected chi connectivity index (χ2v) is 4.93. The van der Waals surface area contributed by atoms with E-state index in [1.807, 2.05) is 6.07 Å². The molecule has 6 heteroatoms. The van der Waals surface area contributed by atoms with Crippen LogP contribution in [0.5, 0.6) is 5.75 Å². The van der Waals surface area contributed by atoms with Gasteiger partial charge >= 0.3 is 11.7 Å². The average Bonchev–Trinajstić information content (AvgIpc) is 2.92. The number of esters is 1. The molecule has 0 fully saturated rings. The molecule has 0 bridgehead atoms. The third kappa shape index (κ3) is 3.15. The van der Waals surface area contributed by atoms with Crippen molar-refractivity contribution in [2.24, 2.45) is 0 Å². The molecule has 0 amide bonds. The molecule has 0 saturated heterocycles. The number of nitrogens with zero attached hydrogens (tertiary/aromatic N) is 1. The fourth-order valence-electron chi connectivity index (χ4n) is 2.61. The maximum absolute atomic E-state index is 11.8. The highest BCUT2D eigenvalue weighted by Crippen LogP contribution is 2.38. The van der Waals surface area contributed by atoms with Gasteiger partial charge in [-0.2, -0.15) is 0 Å². The van der Waals surface area contributed by atoms with Gasteiger partial charge in [0.2, 0.25) is 0 Å². The molecule has 0 N–H and O–H groups in total. The minimum absolute atomic E-state index is 0.00671. The summed E-state index contributed by atoms with van der Waals surface area (Å²) in [7, 11) is 0. The van der Waals surface area contributed by atoms with Crippen molar-refractivity contribution in [3.05, 3.63) is 33.4 Å². The zero-order valence-electron chi connectivity index (χ0n) is 12.3. The molecule has 0 aliphatic heterocycles. The maximum Gasteiger partial charge on any atom is 0.347 e. The fourth-order valence-corrected chi connectivity index (χ4v) is 2.61. The minimum Gasteiger partial charge on any atom is -0.472 e. The highest BCUT2D eigenvalue weighted by atomic mass is 16.6. The molecule has 1 aromatic carbocycles. The molecule has 1 aliphatic carbocycles. The molecular formula is C15H19NO5. The molecular weight excluding hydrogens is 274 g/mol. The number of ether oxygens (including phenoxy) is 2. The summed E-state index contributed by atoms with van der Waals surface area (Å²) in [4.78, 5) is 22.7. The molecule has 1 atom stereocenters. The maximum atomic E-state index is 11.8. The molecule has 0 radical (unpaired) electrons. The normalized spacial score (nSPS) is 14.4. The molecule has 0 spiro atoms. The van der Waals surface area contributed by atoms with Gasteiger partial charge in [0, 0.05) is 5.56 Å². The molecule has 0 aromatic heterocycles. The van der Waals surface area contributed by atoms with Crippen molar-refractivity contribution in [1.82, 2.24) is 0 Å². The van der Waals surface area contributed by atoms with Crippen molar-refractivity contribution in [2.45, 2.75) is 45.6 Å². The van der Waals surface area contributed by atoms with Crippen LogP contribution in [0.25, 0.3) is 0 Å². The molecule has 2 rings (SSSR count). The largest absolute Gasteiger partial charge is 0.472 e. The quantitative estimate of drug-likeness (QED) is 0.458. The van der Waals surface area contributed by atoms with E-state index >= 15 is 0 Å². The average molecular weight is 293 g/mol. The van der Waals surface area contributed by atoms with Gasteiger partial charge < -0.3 is 9.47 Å². The van der Waals surface area contributed by atoms with Gasteiger partial charge in [0.05, 0.1) is 11.5 Å². The first kappa shape index (κ1) is 15.3. The summed E-state index contributed by atoms with van der Waals surface area (Å²) < 4.78 is 10.5. The van der Waals surface area contributed by atoms with Crippen molar-refractivity contribution < 1.29 is 19.2 Å². The molecule has 114 valence electrons. The van der Waals surface area contributed by atoms with Gasteiger partial charge in [-0.25, -0.2) is 4.79 Å². The standard InChI is InChI=1S/C15H19NO5/c1-3-12(15(17)20-4-2)21-13-9-8-10-6-5-7-11(10)14(13)16(18)19/h8-9,12H,3-7H2,1-2H3. The van der Waals surface area contributed by atoms with E-state index < -0.39 is 17.0 Å². The van der Waals surface area contributed by atoms with Crippen LogP contribution in [0.2, 0.25) is 0 Å². The molecule has 1 unspecified atom stereocenters. The molecule has 1 aliphatic rings. The van der Waals surface area contributed by atoms with Gasteiger partial charge in [-0.05, 0) is 44.2 Å². The van der Waals surface area contributed by atoms with Crippen LogP contribution in [-0.2, 0) is 22.4 Å². The van der Waals surface area contributed by atoms with E-state index in [0.29, 0.717) is 12.8 Å². The minimum atomic E-state index is -0.817. The Bertz CT molecular complexity index is 555. The van der Waals surface area contributed by atoms with Crippen LogP contribution in [0, 0.1) is 10.1 Å². The van der Waals surface area contributed by atoms with E-state index in [2.05, 4.69) is 0 Å². The Hall–Kier alpha value is -2.11. The van der Waals surface area contributed by atoms with E-state index in [4.69, 9.17) is 9.47 Å². The number of nitro benzene ring substituents is 1. The summed E-state index contributed by atoms with van der Waals surface area (Å²) in [6.07, 6.45) is 2.02. The molecule has 1 aromatic rings. The topological polar surface area (TPSA) is 78.7 Å². The number of aryl methyl sites for hydroxylation is 1. The summed E-state index contributed by atoms with van der Waals surface area (Å²) in [6.45, 7) is 3.74. The Morgan fingerprint density at radius 3 is 2.76 bits per heavy atom. The number of fused-ring (bicyclic) bond motifs is 1. The summed E-state index contributed by atoms with van der Waals surface area (Å²) >= 11 is 0. The number of benzene rings is 1. The lowest BCUT2D eigenvalue weighted by molar-refractivity contribution is -0.386. The SMILES string of the molecule is CCOC(=O)C(CC)Oc1ccc2c(c1[N+](=O)[O-])CCC2. The lowest BCUT2D eigenvalue weighted by Gasteiger charge is -2.16. The summed E-state index contributed by atoms with van der Waals surface area (Å²) in [5.41, 5.74) is 1.72. The van der Waals surface area contributed by atoms with Gasteiger partial charge in [0.15, 0.2) is 11.9 Å². The van der Waals surface area contributed by atoms with E-state index in [1.165, 1.54) is 0 Å². The zero-order valence-corrected chi connectivity index (χ0v) is 12.3. The van der Waals surface area contributed by atoms with E-state index in [9.17, 15) is 14.9 Å². The second-order valence-electron chi connectivity index (χ2n) is 4.93. The third-order valence-corrected chi connectivity index (χ3v) is 3.59. The molecule has 6 nitrogen and oxygen atoms in total. The van der Waals surface area contributed by atoms with Crippen molar-refractivity contribution in [3.8, 4) is 5.75 Å². The Balaban J connectivity index is 2.31. The van der Waals surface area contributed by atoms with Gasteiger partial charge in [0.1, 0.15) is 0 Å². The van der Waals surface area contributed by atoms with Gasteiger partial charge in [-0.15, -0.1) is 0 Å².